The highest BCUT2D eigenvalue weighted by Crippen LogP contribution is 2.15. The third kappa shape index (κ3) is 4.09. The number of ether oxygens (including phenoxy) is 2. The molecule has 0 bridgehead atoms. The van der Waals surface area contributed by atoms with Crippen LogP contribution in [0.2, 0.25) is 0 Å². The number of nitrogens with one attached hydrogen (secondary N) is 1. The van der Waals surface area contributed by atoms with E-state index in [2.05, 4.69) is 5.32 Å². The van der Waals surface area contributed by atoms with Crippen molar-refractivity contribution < 1.29 is 9.47 Å². The molecule has 2 aliphatic heterocycles. The van der Waals surface area contributed by atoms with Crippen LogP contribution in [-0.4, -0.2) is 38.5 Å². The summed E-state index contributed by atoms with van der Waals surface area (Å²) in [5, 5.41) is 3.61. The highest BCUT2D eigenvalue weighted by Gasteiger charge is 2.16. The lowest BCUT2D eigenvalue weighted by Crippen LogP contribution is -2.36. The Morgan fingerprint density at radius 1 is 1.00 bits per heavy atom. The molecule has 2 heterocycles. The molecule has 15 heavy (non-hydrogen) atoms. The molecule has 0 aromatic heterocycles. The van der Waals surface area contributed by atoms with Gasteiger partial charge in [0.05, 0.1) is 6.10 Å². The summed E-state index contributed by atoms with van der Waals surface area (Å²) in [5.41, 5.74) is 0. The fourth-order valence-corrected chi connectivity index (χ4v) is 2.39. The zero-order chi connectivity index (χ0) is 10.3. The van der Waals surface area contributed by atoms with Gasteiger partial charge in [-0.15, -0.1) is 0 Å². The molecule has 2 fully saturated rings. The second-order valence-corrected chi connectivity index (χ2v) is 4.62. The third-order valence-corrected chi connectivity index (χ3v) is 3.39. The molecule has 2 saturated heterocycles. The molecule has 0 radical (unpaired) electrons. The number of rotatable bonds is 4. The van der Waals surface area contributed by atoms with Crippen molar-refractivity contribution in [3.63, 3.8) is 0 Å². The molecule has 3 nitrogen and oxygen atoms in total. The standard InChI is InChI=1S/C12H23NO2/c1-2-8-15-12(3-1)4-7-13-11-5-9-14-10-6-11/h11-13H,1-10H2. The van der Waals surface area contributed by atoms with Crippen LogP contribution >= 0.6 is 0 Å². The van der Waals surface area contributed by atoms with Crippen molar-refractivity contribution in [3.05, 3.63) is 0 Å². The Balaban J connectivity index is 1.53. The first-order valence-electron chi connectivity index (χ1n) is 6.38. The second kappa shape index (κ2) is 6.46. The van der Waals surface area contributed by atoms with Crippen molar-refractivity contribution in [3.8, 4) is 0 Å². The highest BCUT2D eigenvalue weighted by molar-refractivity contribution is 4.72. The van der Waals surface area contributed by atoms with Gasteiger partial charge in [0.2, 0.25) is 0 Å². The van der Waals surface area contributed by atoms with Gasteiger partial charge in [-0.2, -0.15) is 0 Å². The Bertz CT molecular complexity index is 145. The molecule has 2 aliphatic rings. The smallest absolute Gasteiger partial charge is 0.0587 e. The summed E-state index contributed by atoms with van der Waals surface area (Å²) in [4.78, 5) is 0. The molecule has 0 amide bonds. The Labute approximate surface area is 92.5 Å². The van der Waals surface area contributed by atoms with Gasteiger partial charge in [0.25, 0.3) is 0 Å². The van der Waals surface area contributed by atoms with E-state index in [0.717, 1.165) is 26.4 Å². The zero-order valence-electron chi connectivity index (χ0n) is 9.54. The van der Waals surface area contributed by atoms with Crippen molar-refractivity contribution in [2.45, 2.75) is 50.7 Å². The van der Waals surface area contributed by atoms with Crippen LogP contribution in [0.25, 0.3) is 0 Å². The average Bonchev–Trinajstić information content (AvgIpc) is 2.32. The lowest BCUT2D eigenvalue weighted by atomic mass is 10.1. The summed E-state index contributed by atoms with van der Waals surface area (Å²) >= 11 is 0. The molecule has 0 aromatic rings. The van der Waals surface area contributed by atoms with Crippen molar-refractivity contribution in [1.29, 1.82) is 0 Å². The fraction of sp³-hybridized carbons (Fsp3) is 1.00. The molecule has 0 aliphatic carbocycles. The van der Waals surface area contributed by atoms with Gasteiger partial charge in [-0.05, 0) is 45.1 Å². The van der Waals surface area contributed by atoms with Gasteiger partial charge in [-0.1, -0.05) is 0 Å². The largest absolute Gasteiger partial charge is 0.381 e. The predicted molar refractivity (Wildman–Crippen MR) is 60.1 cm³/mol. The van der Waals surface area contributed by atoms with Gasteiger partial charge in [-0.25, -0.2) is 0 Å². The van der Waals surface area contributed by atoms with Crippen molar-refractivity contribution in [2.75, 3.05) is 26.4 Å². The van der Waals surface area contributed by atoms with Gasteiger partial charge >= 0.3 is 0 Å². The highest BCUT2D eigenvalue weighted by atomic mass is 16.5. The van der Waals surface area contributed by atoms with Gasteiger partial charge in [-0.3, -0.25) is 0 Å². The zero-order valence-corrected chi connectivity index (χ0v) is 9.54. The lowest BCUT2D eigenvalue weighted by molar-refractivity contribution is 0.0101. The van der Waals surface area contributed by atoms with Crippen molar-refractivity contribution >= 4 is 0 Å². The molecule has 2 rings (SSSR count). The predicted octanol–water partition coefficient (Wildman–Crippen LogP) is 1.71. The van der Waals surface area contributed by atoms with Crippen LogP contribution in [0.1, 0.15) is 38.5 Å². The van der Waals surface area contributed by atoms with Crippen LogP contribution in [-0.2, 0) is 9.47 Å². The van der Waals surface area contributed by atoms with E-state index in [1.54, 1.807) is 0 Å². The maximum absolute atomic E-state index is 5.70. The van der Waals surface area contributed by atoms with E-state index in [1.807, 2.05) is 0 Å². The molecule has 3 heteroatoms. The molecular formula is C12H23NO2. The molecule has 0 spiro atoms. The summed E-state index contributed by atoms with van der Waals surface area (Å²) < 4.78 is 11.0. The first-order valence-corrected chi connectivity index (χ1v) is 6.38. The van der Waals surface area contributed by atoms with E-state index >= 15 is 0 Å². The first-order chi connectivity index (χ1) is 7.45. The van der Waals surface area contributed by atoms with Gasteiger partial charge < -0.3 is 14.8 Å². The number of hydrogen-bond donors (Lipinski definition) is 1. The summed E-state index contributed by atoms with van der Waals surface area (Å²) in [6.45, 7) is 3.94. The van der Waals surface area contributed by atoms with Gasteiger partial charge in [0.15, 0.2) is 0 Å². The maximum atomic E-state index is 5.70. The summed E-state index contributed by atoms with van der Waals surface area (Å²) in [6.07, 6.45) is 7.90. The molecule has 1 atom stereocenters. The van der Waals surface area contributed by atoms with Crippen LogP contribution in [0.15, 0.2) is 0 Å². The van der Waals surface area contributed by atoms with Gasteiger partial charge in [0, 0.05) is 25.9 Å². The lowest BCUT2D eigenvalue weighted by Gasteiger charge is -2.26. The molecule has 1 unspecified atom stereocenters. The minimum atomic E-state index is 0.520. The summed E-state index contributed by atoms with van der Waals surface area (Å²) in [6, 6.07) is 0.683. The van der Waals surface area contributed by atoms with Crippen LogP contribution in [0.3, 0.4) is 0 Å². The fourth-order valence-electron chi connectivity index (χ4n) is 2.39. The Hall–Kier alpha value is -0.120. The van der Waals surface area contributed by atoms with E-state index in [-0.39, 0.29) is 0 Å². The van der Waals surface area contributed by atoms with E-state index in [4.69, 9.17) is 9.47 Å². The molecule has 88 valence electrons. The molecule has 1 N–H and O–H groups in total. The van der Waals surface area contributed by atoms with E-state index in [9.17, 15) is 0 Å². The Kier molecular flexibility index (Phi) is 4.90. The summed E-state index contributed by atoms with van der Waals surface area (Å²) in [5.74, 6) is 0. The average molecular weight is 213 g/mol. The van der Waals surface area contributed by atoms with E-state index in [0.29, 0.717) is 12.1 Å². The molecule has 0 saturated carbocycles. The van der Waals surface area contributed by atoms with Crippen molar-refractivity contribution in [2.24, 2.45) is 0 Å². The molecular weight excluding hydrogens is 190 g/mol. The maximum Gasteiger partial charge on any atom is 0.0587 e. The quantitative estimate of drug-likeness (QED) is 0.771. The summed E-state index contributed by atoms with van der Waals surface area (Å²) in [7, 11) is 0. The van der Waals surface area contributed by atoms with E-state index in [1.165, 1.54) is 38.5 Å². The van der Waals surface area contributed by atoms with Crippen LogP contribution < -0.4 is 5.32 Å². The van der Waals surface area contributed by atoms with Crippen LogP contribution in [0.4, 0.5) is 0 Å². The van der Waals surface area contributed by atoms with Crippen LogP contribution in [0.5, 0.6) is 0 Å². The first kappa shape index (κ1) is 11.4. The normalized spacial score (nSPS) is 29.2. The van der Waals surface area contributed by atoms with Crippen molar-refractivity contribution in [1.82, 2.24) is 5.32 Å². The second-order valence-electron chi connectivity index (χ2n) is 4.62. The minimum Gasteiger partial charge on any atom is -0.381 e. The monoisotopic (exact) mass is 213 g/mol. The topological polar surface area (TPSA) is 30.5 Å². The third-order valence-electron chi connectivity index (χ3n) is 3.39. The van der Waals surface area contributed by atoms with Gasteiger partial charge in [0.1, 0.15) is 0 Å². The minimum absolute atomic E-state index is 0.520. The van der Waals surface area contributed by atoms with E-state index < -0.39 is 0 Å². The SMILES string of the molecule is C1CCC(CCNC2CCOCC2)OC1. The van der Waals surface area contributed by atoms with Crippen LogP contribution in [0, 0.1) is 0 Å². The number of hydrogen-bond acceptors (Lipinski definition) is 3. The molecule has 0 aromatic carbocycles. The Morgan fingerprint density at radius 2 is 1.87 bits per heavy atom. The Morgan fingerprint density at radius 3 is 2.60 bits per heavy atom.